The Morgan fingerprint density at radius 1 is 1.03 bits per heavy atom. The highest BCUT2D eigenvalue weighted by atomic mass is 16.5. The van der Waals surface area contributed by atoms with Gasteiger partial charge in [0.05, 0.1) is 19.3 Å². The fourth-order valence-corrected chi connectivity index (χ4v) is 4.46. The fourth-order valence-electron chi connectivity index (χ4n) is 4.46. The molecule has 35 heavy (non-hydrogen) atoms. The molecular formula is C28H28N2O5. The lowest BCUT2D eigenvalue weighted by molar-refractivity contribution is -0.126. The molecule has 0 bridgehead atoms. The maximum absolute atomic E-state index is 13.7. The van der Waals surface area contributed by atoms with E-state index in [2.05, 4.69) is 5.32 Å². The van der Waals surface area contributed by atoms with Crippen LogP contribution in [0.4, 0.5) is 5.69 Å². The number of carbonyl (C=O) groups is 3. The largest absolute Gasteiger partial charge is 0.496 e. The van der Waals surface area contributed by atoms with Crippen LogP contribution in [0.2, 0.25) is 0 Å². The summed E-state index contributed by atoms with van der Waals surface area (Å²) in [5.41, 5.74) is 1.68. The number of nitrogens with zero attached hydrogens (tertiary/aromatic N) is 1. The third kappa shape index (κ3) is 4.62. The van der Waals surface area contributed by atoms with Crippen molar-refractivity contribution in [3.05, 3.63) is 95.1 Å². The van der Waals surface area contributed by atoms with Gasteiger partial charge >= 0.3 is 5.97 Å². The minimum atomic E-state index is -1.24. The number of nitrogens with one attached hydrogen (secondary N) is 1. The number of fused-ring (bicyclic) bond motifs is 1. The lowest BCUT2D eigenvalue weighted by atomic mass is 9.82. The van der Waals surface area contributed by atoms with Crippen LogP contribution in [0.1, 0.15) is 45.7 Å². The summed E-state index contributed by atoms with van der Waals surface area (Å²) in [7, 11) is 1.58. The number of carbonyl (C=O) groups excluding carboxylic acids is 3. The van der Waals surface area contributed by atoms with Crippen molar-refractivity contribution in [2.75, 3.05) is 18.6 Å². The van der Waals surface area contributed by atoms with Gasteiger partial charge in [0.2, 0.25) is 5.91 Å². The van der Waals surface area contributed by atoms with Gasteiger partial charge in [-0.05, 0) is 49.7 Å². The van der Waals surface area contributed by atoms with Gasteiger partial charge in [-0.3, -0.25) is 14.5 Å². The van der Waals surface area contributed by atoms with Gasteiger partial charge in [0, 0.05) is 29.8 Å². The Balaban J connectivity index is 1.72. The van der Waals surface area contributed by atoms with Crippen LogP contribution in [0.15, 0.2) is 72.8 Å². The quantitative estimate of drug-likeness (QED) is 0.522. The second kappa shape index (κ2) is 10.0. The number of hydrogen-bond donors (Lipinski definition) is 1. The Hall–Kier alpha value is -4.13. The van der Waals surface area contributed by atoms with Gasteiger partial charge in [-0.25, -0.2) is 4.79 Å². The minimum Gasteiger partial charge on any atom is -0.496 e. The van der Waals surface area contributed by atoms with Crippen LogP contribution in [0.25, 0.3) is 0 Å². The smallest absolute Gasteiger partial charge is 0.338 e. The number of rotatable bonds is 7. The lowest BCUT2D eigenvalue weighted by Crippen LogP contribution is -2.63. The molecule has 1 aliphatic rings. The minimum absolute atomic E-state index is 0.238. The molecule has 1 aliphatic heterocycles. The number of para-hydroxylation sites is 1. The summed E-state index contributed by atoms with van der Waals surface area (Å²) in [6, 6.07) is 21.4. The Kier molecular flexibility index (Phi) is 6.87. The SMILES string of the molecule is CCOC(=O)c1cccc(N2C(=O)c3ccccc3C[C@@]2(C)C(=O)NCc2ccccc2OC)c1. The zero-order valence-electron chi connectivity index (χ0n) is 20.0. The van der Waals surface area contributed by atoms with E-state index in [1.165, 1.54) is 4.90 Å². The Morgan fingerprint density at radius 2 is 1.77 bits per heavy atom. The third-order valence-electron chi connectivity index (χ3n) is 6.22. The highest BCUT2D eigenvalue weighted by molar-refractivity contribution is 6.14. The first-order chi connectivity index (χ1) is 16.9. The topological polar surface area (TPSA) is 84.9 Å². The van der Waals surface area contributed by atoms with Crippen LogP contribution in [-0.4, -0.2) is 37.0 Å². The Morgan fingerprint density at radius 3 is 2.54 bits per heavy atom. The third-order valence-corrected chi connectivity index (χ3v) is 6.22. The number of methoxy groups -OCH3 is 1. The van der Waals surface area contributed by atoms with Gasteiger partial charge in [0.15, 0.2) is 0 Å². The average molecular weight is 473 g/mol. The second-order valence-electron chi connectivity index (χ2n) is 8.51. The van der Waals surface area contributed by atoms with E-state index < -0.39 is 11.5 Å². The molecule has 7 nitrogen and oxygen atoms in total. The number of esters is 1. The van der Waals surface area contributed by atoms with Crippen LogP contribution in [0.3, 0.4) is 0 Å². The molecule has 4 rings (SSSR count). The van der Waals surface area contributed by atoms with E-state index in [1.807, 2.05) is 36.4 Å². The van der Waals surface area contributed by atoms with Crippen molar-refractivity contribution in [1.82, 2.24) is 5.32 Å². The number of benzene rings is 3. The maximum atomic E-state index is 13.7. The van der Waals surface area contributed by atoms with E-state index in [-0.39, 0.29) is 25.0 Å². The zero-order valence-corrected chi connectivity index (χ0v) is 20.0. The van der Waals surface area contributed by atoms with Crippen LogP contribution >= 0.6 is 0 Å². The predicted molar refractivity (Wildman–Crippen MR) is 133 cm³/mol. The standard InChI is InChI=1S/C28H28N2O5/c1-4-35-26(32)19-12-9-13-22(16-19)30-25(31)23-14-7-5-10-20(23)17-28(30,2)27(33)29-18-21-11-6-8-15-24(21)34-3/h5-16H,4,17-18H2,1-3H3,(H,29,33)/t28-/m0/s1. The van der Waals surface area contributed by atoms with E-state index in [9.17, 15) is 14.4 Å². The van der Waals surface area contributed by atoms with Crippen molar-refractivity contribution in [2.24, 2.45) is 0 Å². The predicted octanol–water partition coefficient (Wildman–Crippen LogP) is 4.15. The molecular weight excluding hydrogens is 444 g/mol. The summed E-state index contributed by atoms with van der Waals surface area (Å²) in [5.74, 6) is -0.431. The molecule has 0 radical (unpaired) electrons. The van der Waals surface area contributed by atoms with E-state index >= 15 is 0 Å². The Bertz CT molecular complexity index is 1270. The van der Waals surface area contributed by atoms with Gasteiger partial charge in [-0.1, -0.05) is 42.5 Å². The van der Waals surface area contributed by atoms with Gasteiger partial charge in [0.25, 0.3) is 5.91 Å². The molecule has 0 saturated heterocycles. The van der Waals surface area contributed by atoms with Crippen molar-refractivity contribution in [3.8, 4) is 5.75 Å². The molecule has 1 atom stereocenters. The number of anilines is 1. The molecule has 2 amide bonds. The summed E-state index contributed by atoms with van der Waals surface area (Å²) in [6.45, 7) is 3.96. The van der Waals surface area contributed by atoms with Gasteiger partial charge in [0.1, 0.15) is 11.3 Å². The summed E-state index contributed by atoms with van der Waals surface area (Å²) in [6.07, 6.45) is 0.316. The maximum Gasteiger partial charge on any atom is 0.338 e. The molecule has 3 aromatic carbocycles. The van der Waals surface area contributed by atoms with Crippen LogP contribution in [-0.2, 0) is 22.5 Å². The van der Waals surface area contributed by atoms with E-state index in [0.717, 1.165) is 11.1 Å². The van der Waals surface area contributed by atoms with Crippen LogP contribution in [0.5, 0.6) is 5.75 Å². The number of hydrogen-bond acceptors (Lipinski definition) is 5. The molecule has 7 heteroatoms. The molecule has 3 aromatic rings. The first-order valence-corrected chi connectivity index (χ1v) is 11.5. The van der Waals surface area contributed by atoms with E-state index in [0.29, 0.717) is 29.0 Å². The lowest BCUT2D eigenvalue weighted by Gasteiger charge is -2.44. The molecule has 1 heterocycles. The Labute approximate surface area is 204 Å². The van der Waals surface area contributed by atoms with Gasteiger partial charge < -0.3 is 14.8 Å². The van der Waals surface area contributed by atoms with Crippen molar-refractivity contribution in [2.45, 2.75) is 32.4 Å². The van der Waals surface area contributed by atoms with Gasteiger partial charge in [-0.2, -0.15) is 0 Å². The number of ether oxygens (including phenoxy) is 2. The molecule has 0 unspecified atom stereocenters. The molecule has 0 aliphatic carbocycles. The van der Waals surface area contributed by atoms with Crippen molar-refractivity contribution in [3.63, 3.8) is 0 Å². The van der Waals surface area contributed by atoms with Crippen molar-refractivity contribution >= 4 is 23.5 Å². The van der Waals surface area contributed by atoms with Crippen LogP contribution in [0, 0.1) is 0 Å². The van der Waals surface area contributed by atoms with Crippen molar-refractivity contribution < 1.29 is 23.9 Å². The molecule has 180 valence electrons. The molecule has 1 N–H and O–H groups in total. The first-order valence-electron chi connectivity index (χ1n) is 11.5. The van der Waals surface area contributed by atoms with Crippen molar-refractivity contribution in [1.29, 1.82) is 0 Å². The number of amides is 2. The molecule has 0 saturated carbocycles. The molecule has 0 fully saturated rings. The van der Waals surface area contributed by atoms with Crippen LogP contribution < -0.4 is 15.0 Å². The van der Waals surface area contributed by atoms with E-state index in [4.69, 9.17) is 9.47 Å². The van der Waals surface area contributed by atoms with E-state index in [1.54, 1.807) is 57.4 Å². The summed E-state index contributed by atoms with van der Waals surface area (Å²) in [4.78, 5) is 41.3. The monoisotopic (exact) mass is 472 g/mol. The summed E-state index contributed by atoms with van der Waals surface area (Å²) >= 11 is 0. The summed E-state index contributed by atoms with van der Waals surface area (Å²) < 4.78 is 10.5. The van der Waals surface area contributed by atoms with Gasteiger partial charge in [-0.15, -0.1) is 0 Å². The normalized spacial score (nSPS) is 16.9. The zero-order chi connectivity index (χ0) is 25.0. The summed E-state index contributed by atoms with van der Waals surface area (Å²) in [5, 5.41) is 2.99. The highest BCUT2D eigenvalue weighted by Gasteiger charge is 2.47. The first kappa shape index (κ1) is 24.0. The average Bonchev–Trinajstić information content (AvgIpc) is 2.87. The second-order valence-corrected chi connectivity index (χ2v) is 8.51. The molecule has 0 spiro atoms. The fraction of sp³-hybridized carbons (Fsp3) is 0.250. The highest BCUT2D eigenvalue weighted by Crippen LogP contribution is 2.36. The molecule has 0 aromatic heterocycles.